The minimum atomic E-state index is -1.65. The topological polar surface area (TPSA) is 116 Å². The fourth-order valence-corrected chi connectivity index (χ4v) is 4.19. The molecule has 2 aromatic heterocycles. The molecule has 31 heavy (non-hydrogen) atoms. The van der Waals surface area contributed by atoms with Gasteiger partial charge in [0.2, 0.25) is 11.2 Å². The summed E-state index contributed by atoms with van der Waals surface area (Å²) in [6.45, 7) is 0.359. The number of nitrogens with one attached hydrogen (secondary N) is 2. The minimum absolute atomic E-state index is 0.145. The fraction of sp³-hybridized carbons (Fsp3) is 0.167. The Morgan fingerprint density at radius 3 is 2.87 bits per heavy atom. The number of thiazole rings is 1. The van der Waals surface area contributed by atoms with Gasteiger partial charge in [0.05, 0.1) is 22.6 Å². The SMILES string of the molecule is CNc1ccc(F)c(Cl)c1.O=CC1=CC(c2nccs2)=NS(=O)N1CCc1cn[nH]n1. The number of anilines is 1. The van der Waals surface area contributed by atoms with E-state index in [0.717, 1.165) is 11.4 Å². The molecule has 1 aliphatic rings. The number of carbonyl (C=O) groups is 1. The van der Waals surface area contributed by atoms with Crippen LogP contribution in [0.15, 0.2) is 52.1 Å². The number of hydrogen-bond donors (Lipinski definition) is 2. The third-order valence-corrected chi connectivity index (χ3v) is 6.16. The van der Waals surface area contributed by atoms with E-state index in [1.54, 1.807) is 37.0 Å². The summed E-state index contributed by atoms with van der Waals surface area (Å²) >= 11 is 5.20. The second-order valence-corrected chi connectivity index (χ2v) is 8.31. The molecule has 0 amide bonds. The van der Waals surface area contributed by atoms with Crippen molar-refractivity contribution in [1.29, 1.82) is 0 Å². The van der Waals surface area contributed by atoms with Gasteiger partial charge in [-0.2, -0.15) is 19.8 Å². The smallest absolute Gasteiger partial charge is 0.246 e. The average molecular weight is 482 g/mol. The van der Waals surface area contributed by atoms with Gasteiger partial charge in [-0.15, -0.1) is 11.3 Å². The quantitative estimate of drug-likeness (QED) is 0.523. The highest BCUT2D eigenvalue weighted by Gasteiger charge is 2.23. The van der Waals surface area contributed by atoms with Crippen molar-refractivity contribution in [3.05, 3.63) is 69.3 Å². The molecule has 0 aliphatic carbocycles. The third-order valence-electron chi connectivity index (χ3n) is 3.95. The lowest BCUT2D eigenvalue weighted by Crippen LogP contribution is -2.31. The Morgan fingerprint density at radius 2 is 2.26 bits per heavy atom. The van der Waals surface area contributed by atoms with Crippen LogP contribution in [0.3, 0.4) is 0 Å². The van der Waals surface area contributed by atoms with Crippen LogP contribution in [0.2, 0.25) is 5.02 Å². The van der Waals surface area contributed by atoms with Gasteiger partial charge in [0.25, 0.3) is 0 Å². The number of H-pyrrole nitrogens is 1. The van der Waals surface area contributed by atoms with Crippen molar-refractivity contribution in [2.45, 2.75) is 6.42 Å². The van der Waals surface area contributed by atoms with E-state index in [4.69, 9.17) is 11.6 Å². The Morgan fingerprint density at radius 1 is 1.42 bits per heavy atom. The Kier molecular flexibility index (Phi) is 7.98. The molecule has 0 bridgehead atoms. The maximum atomic E-state index is 12.5. The molecular formula is C18H17ClFN7O2S2. The monoisotopic (exact) mass is 481 g/mol. The maximum absolute atomic E-state index is 12.5. The molecule has 3 heterocycles. The molecule has 3 aromatic rings. The van der Waals surface area contributed by atoms with E-state index in [1.165, 1.54) is 27.8 Å². The number of rotatable bonds is 6. The van der Waals surface area contributed by atoms with Crippen LogP contribution < -0.4 is 5.32 Å². The molecule has 0 radical (unpaired) electrons. The number of aldehydes is 1. The van der Waals surface area contributed by atoms with E-state index >= 15 is 0 Å². The zero-order chi connectivity index (χ0) is 22.2. The summed E-state index contributed by atoms with van der Waals surface area (Å²) in [7, 11) is 1.75. The molecule has 1 unspecified atom stereocenters. The second-order valence-electron chi connectivity index (χ2n) is 5.92. The van der Waals surface area contributed by atoms with Gasteiger partial charge in [-0.1, -0.05) is 11.6 Å². The predicted molar refractivity (Wildman–Crippen MR) is 119 cm³/mol. The summed E-state index contributed by atoms with van der Waals surface area (Å²) in [5.74, 6) is -0.388. The highest BCUT2D eigenvalue weighted by atomic mass is 35.5. The van der Waals surface area contributed by atoms with E-state index in [1.807, 2.05) is 0 Å². The van der Waals surface area contributed by atoms with E-state index in [-0.39, 0.29) is 10.8 Å². The summed E-state index contributed by atoms with van der Waals surface area (Å²) in [5, 5.41) is 15.6. The van der Waals surface area contributed by atoms with E-state index in [9.17, 15) is 13.4 Å². The first-order valence-electron chi connectivity index (χ1n) is 8.84. The molecule has 1 aliphatic heterocycles. The lowest BCUT2D eigenvalue weighted by atomic mass is 10.3. The van der Waals surface area contributed by atoms with Crippen molar-refractivity contribution in [3.63, 3.8) is 0 Å². The van der Waals surface area contributed by atoms with Gasteiger partial charge >= 0.3 is 0 Å². The van der Waals surface area contributed by atoms with Gasteiger partial charge in [-0.25, -0.2) is 13.6 Å². The van der Waals surface area contributed by atoms with Gasteiger partial charge in [-0.05, 0) is 24.3 Å². The Labute approximate surface area is 188 Å². The number of allylic oxidation sites excluding steroid dienone is 2. The summed E-state index contributed by atoms with van der Waals surface area (Å²) < 4.78 is 30.2. The molecule has 2 N–H and O–H groups in total. The number of halogens is 2. The van der Waals surface area contributed by atoms with Crippen LogP contribution in [0.25, 0.3) is 0 Å². The highest BCUT2D eigenvalue weighted by Crippen LogP contribution is 2.19. The third kappa shape index (κ3) is 6.03. The van der Waals surface area contributed by atoms with Gasteiger partial charge < -0.3 is 5.32 Å². The summed E-state index contributed by atoms with van der Waals surface area (Å²) in [5.41, 5.74) is 2.32. The molecule has 4 rings (SSSR count). The molecule has 1 aromatic carbocycles. The number of aromatic nitrogens is 4. The van der Waals surface area contributed by atoms with Crippen LogP contribution in [0.5, 0.6) is 0 Å². The van der Waals surface area contributed by atoms with Crippen molar-refractivity contribution in [1.82, 2.24) is 24.7 Å². The van der Waals surface area contributed by atoms with Crippen LogP contribution in [-0.4, -0.2) is 54.5 Å². The normalized spacial score (nSPS) is 15.5. The zero-order valence-corrected chi connectivity index (χ0v) is 18.5. The Bertz CT molecular complexity index is 1100. The highest BCUT2D eigenvalue weighted by molar-refractivity contribution is 7.81. The van der Waals surface area contributed by atoms with Crippen LogP contribution in [0, 0.1) is 5.82 Å². The Balaban J connectivity index is 0.000000229. The molecule has 13 heteroatoms. The van der Waals surface area contributed by atoms with Gasteiger partial charge in [0.15, 0.2) is 6.29 Å². The molecule has 0 saturated carbocycles. The number of aromatic amines is 1. The number of carbonyl (C=O) groups excluding carboxylic acids is 1. The van der Waals surface area contributed by atoms with Crippen molar-refractivity contribution in [3.8, 4) is 0 Å². The summed E-state index contributed by atoms with van der Waals surface area (Å²) in [6.07, 6.45) is 5.99. The van der Waals surface area contributed by atoms with Gasteiger partial charge in [0, 0.05) is 37.3 Å². The van der Waals surface area contributed by atoms with E-state index in [2.05, 4.69) is 30.1 Å². The van der Waals surface area contributed by atoms with E-state index in [0.29, 0.717) is 35.7 Å². The largest absolute Gasteiger partial charge is 0.388 e. The van der Waals surface area contributed by atoms with E-state index < -0.39 is 11.2 Å². The second kappa shape index (κ2) is 10.9. The standard InChI is InChI=1S/C11H10N6O2S2.C7H7ClFN/c18-7-9-5-10(11-12-2-4-20-11)15-21(19)17(9)3-1-8-6-13-16-14-8;1-10-5-2-3-7(9)6(8)4-5/h2,4-7H,1,3H2,(H,13,14,16);2-4,10H,1H3. The van der Waals surface area contributed by atoms with Crippen molar-refractivity contribution < 1.29 is 13.4 Å². The predicted octanol–water partition coefficient (Wildman–Crippen LogP) is 2.79. The number of benzene rings is 1. The van der Waals surface area contributed by atoms with Gasteiger partial charge in [0.1, 0.15) is 16.5 Å². The van der Waals surface area contributed by atoms with Crippen molar-refractivity contribution >= 4 is 51.8 Å². The van der Waals surface area contributed by atoms with Crippen molar-refractivity contribution in [2.24, 2.45) is 4.40 Å². The maximum Gasteiger partial charge on any atom is 0.246 e. The first-order valence-corrected chi connectivity index (χ1v) is 11.2. The molecular weight excluding hydrogens is 465 g/mol. The average Bonchev–Trinajstić information content (AvgIpc) is 3.49. The number of nitrogens with zero attached hydrogens (tertiary/aromatic N) is 5. The molecule has 0 spiro atoms. The molecule has 0 fully saturated rings. The lowest BCUT2D eigenvalue weighted by Gasteiger charge is -2.23. The summed E-state index contributed by atoms with van der Waals surface area (Å²) in [4.78, 5) is 15.3. The number of hydrogen-bond acceptors (Lipinski definition) is 7. The van der Waals surface area contributed by atoms with Crippen LogP contribution in [0.1, 0.15) is 10.7 Å². The fourth-order valence-electron chi connectivity index (χ4n) is 2.43. The van der Waals surface area contributed by atoms with Crippen LogP contribution >= 0.6 is 22.9 Å². The van der Waals surface area contributed by atoms with Crippen molar-refractivity contribution in [2.75, 3.05) is 18.9 Å². The zero-order valence-electron chi connectivity index (χ0n) is 16.2. The van der Waals surface area contributed by atoms with Crippen LogP contribution in [-0.2, 0) is 22.4 Å². The summed E-state index contributed by atoms with van der Waals surface area (Å²) in [6, 6.07) is 4.49. The van der Waals surface area contributed by atoms with Gasteiger partial charge in [-0.3, -0.25) is 9.10 Å². The molecule has 0 saturated heterocycles. The molecule has 9 nitrogen and oxygen atoms in total. The first kappa shape index (κ1) is 22.7. The lowest BCUT2D eigenvalue weighted by molar-refractivity contribution is -0.105. The Hall–Kier alpha value is -2.96. The molecule has 162 valence electrons. The van der Waals surface area contributed by atoms with Crippen LogP contribution in [0.4, 0.5) is 10.1 Å². The first-order chi connectivity index (χ1) is 15.0. The molecule has 1 atom stereocenters. The minimum Gasteiger partial charge on any atom is -0.388 e.